The molecular formula is C21H20N4O. The number of nitrogens with zero attached hydrogens (tertiary/aromatic N) is 4. The van der Waals surface area contributed by atoms with Gasteiger partial charge in [-0.3, -0.25) is 4.57 Å². The molecule has 26 heavy (non-hydrogen) atoms. The molecule has 5 nitrogen and oxygen atoms in total. The van der Waals surface area contributed by atoms with Crippen molar-refractivity contribution in [3.05, 3.63) is 89.7 Å². The molecule has 2 aliphatic rings. The van der Waals surface area contributed by atoms with E-state index in [0.29, 0.717) is 0 Å². The van der Waals surface area contributed by atoms with E-state index in [1.807, 2.05) is 11.1 Å². The van der Waals surface area contributed by atoms with Gasteiger partial charge in [-0.25, -0.2) is 0 Å². The van der Waals surface area contributed by atoms with Crippen molar-refractivity contribution in [2.75, 3.05) is 6.54 Å². The molecule has 3 heterocycles. The topological polar surface area (TPSA) is 43.2 Å². The van der Waals surface area contributed by atoms with Gasteiger partial charge >= 0.3 is 0 Å². The van der Waals surface area contributed by atoms with Gasteiger partial charge in [0.15, 0.2) is 5.82 Å². The number of allylic oxidation sites excluding steroid dienone is 1. The van der Waals surface area contributed by atoms with Gasteiger partial charge in [0, 0.05) is 6.42 Å². The largest absolute Gasteiger partial charge is 0.409 e. The molecule has 0 saturated carbocycles. The van der Waals surface area contributed by atoms with Crippen molar-refractivity contribution in [2.45, 2.75) is 25.3 Å². The summed E-state index contributed by atoms with van der Waals surface area (Å²) in [7, 11) is 0. The van der Waals surface area contributed by atoms with Crippen molar-refractivity contribution >= 4 is 0 Å². The number of benzene rings is 2. The number of aryl methyl sites for hydroxylation is 1. The van der Waals surface area contributed by atoms with Crippen molar-refractivity contribution in [1.82, 2.24) is 19.8 Å². The van der Waals surface area contributed by atoms with E-state index in [9.17, 15) is 0 Å². The minimum Gasteiger partial charge on any atom is -0.409 e. The van der Waals surface area contributed by atoms with E-state index in [1.165, 1.54) is 16.8 Å². The van der Waals surface area contributed by atoms with E-state index in [0.717, 1.165) is 37.4 Å². The molecule has 0 saturated heterocycles. The third-order valence-electron chi connectivity index (χ3n) is 5.11. The summed E-state index contributed by atoms with van der Waals surface area (Å²) in [5.74, 6) is 1.95. The summed E-state index contributed by atoms with van der Waals surface area (Å²) in [6.45, 7) is 0.774. The molecule has 5 rings (SSSR count). The molecule has 130 valence electrons. The van der Waals surface area contributed by atoms with E-state index in [1.54, 1.807) is 6.33 Å². The van der Waals surface area contributed by atoms with Gasteiger partial charge in [-0.05, 0) is 36.1 Å². The highest BCUT2D eigenvalue weighted by Crippen LogP contribution is 2.34. The van der Waals surface area contributed by atoms with Gasteiger partial charge in [0.1, 0.15) is 18.1 Å². The van der Waals surface area contributed by atoms with E-state index >= 15 is 0 Å². The quantitative estimate of drug-likeness (QED) is 0.728. The Kier molecular flexibility index (Phi) is 3.79. The number of hydroxylamine groups is 2. The summed E-state index contributed by atoms with van der Waals surface area (Å²) in [6.07, 6.45) is 6.75. The van der Waals surface area contributed by atoms with E-state index < -0.39 is 0 Å². The normalized spacial score (nSPS) is 19.2. The number of rotatable bonds is 3. The second-order valence-corrected chi connectivity index (χ2v) is 6.77. The smallest absolute Gasteiger partial charge is 0.158 e. The molecule has 3 aromatic rings. The first kappa shape index (κ1) is 15.3. The molecule has 0 bridgehead atoms. The molecule has 0 amide bonds. The van der Waals surface area contributed by atoms with Crippen LogP contribution in [0.5, 0.6) is 0 Å². The van der Waals surface area contributed by atoms with Crippen molar-refractivity contribution < 1.29 is 4.84 Å². The van der Waals surface area contributed by atoms with Gasteiger partial charge in [0.2, 0.25) is 0 Å². The zero-order valence-electron chi connectivity index (χ0n) is 14.5. The molecule has 2 aliphatic heterocycles. The number of aromatic nitrogens is 3. The Labute approximate surface area is 152 Å². The van der Waals surface area contributed by atoms with Crippen molar-refractivity contribution in [3.8, 4) is 5.69 Å². The SMILES string of the molecule is C1=C(Cc2ccccc2)ON([C@H]2CCc3ccccc3-n3cnnc32)C1. The Morgan fingerprint density at radius 1 is 1.04 bits per heavy atom. The summed E-state index contributed by atoms with van der Waals surface area (Å²) < 4.78 is 2.10. The fourth-order valence-electron chi connectivity index (χ4n) is 3.82. The summed E-state index contributed by atoms with van der Waals surface area (Å²) in [4.78, 5) is 6.20. The van der Waals surface area contributed by atoms with Gasteiger partial charge in [-0.15, -0.1) is 15.3 Å². The van der Waals surface area contributed by atoms with Crippen molar-refractivity contribution in [2.24, 2.45) is 0 Å². The third kappa shape index (κ3) is 2.70. The fourth-order valence-corrected chi connectivity index (χ4v) is 3.82. The Hall–Kier alpha value is -2.92. The van der Waals surface area contributed by atoms with Crippen LogP contribution in [-0.2, 0) is 17.7 Å². The summed E-state index contributed by atoms with van der Waals surface area (Å²) in [6, 6.07) is 19.0. The fraction of sp³-hybridized carbons (Fsp3) is 0.238. The minimum atomic E-state index is 0.0921. The monoisotopic (exact) mass is 344 g/mol. The van der Waals surface area contributed by atoms with Gasteiger partial charge in [0.25, 0.3) is 0 Å². The van der Waals surface area contributed by atoms with Gasteiger partial charge in [-0.2, -0.15) is 0 Å². The van der Waals surface area contributed by atoms with E-state index in [2.05, 4.69) is 69.4 Å². The zero-order valence-corrected chi connectivity index (χ0v) is 14.5. The standard InChI is InChI=1S/C21H20N4O/c1-2-6-16(7-3-1)14-18-12-13-25(26-18)20-11-10-17-8-4-5-9-19(17)24-15-22-23-21(20)24/h1-9,12,15,20H,10-11,13-14H2/t20-/m0/s1. The summed E-state index contributed by atoms with van der Waals surface area (Å²) in [5, 5.41) is 10.6. The van der Waals surface area contributed by atoms with Crippen LogP contribution >= 0.6 is 0 Å². The van der Waals surface area contributed by atoms with Crippen LogP contribution in [0.1, 0.15) is 29.4 Å². The second kappa shape index (κ2) is 6.42. The zero-order chi connectivity index (χ0) is 17.3. The molecule has 0 spiro atoms. The maximum Gasteiger partial charge on any atom is 0.158 e. The average molecular weight is 344 g/mol. The highest BCUT2D eigenvalue weighted by molar-refractivity contribution is 5.43. The Balaban J connectivity index is 1.38. The highest BCUT2D eigenvalue weighted by Gasteiger charge is 2.32. The van der Waals surface area contributed by atoms with Crippen LogP contribution in [0.2, 0.25) is 0 Å². The lowest BCUT2D eigenvalue weighted by Crippen LogP contribution is -2.27. The minimum absolute atomic E-state index is 0.0921. The molecule has 0 unspecified atom stereocenters. The lowest BCUT2D eigenvalue weighted by Gasteiger charge is -2.25. The first-order valence-corrected chi connectivity index (χ1v) is 9.04. The molecule has 0 aliphatic carbocycles. The predicted octanol–water partition coefficient (Wildman–Crippen LogP) is 3.63. The third-order valence-corrected chi connectivity index (χ3v) is 5.11. The highest BCUT2D eigenvalue weighted by atomic mass is 16.7. The Morgan fingerprint density at radius 3 is 2.81 bits per heavy atom. The summed E-state index contributed by atoms with van der Waals surface area (Å²) >= 11 is 0. The molecule has 1 atom stereocenters. The van der Waals surface area contributed by atoms with Gasteiger partial charge < -0.3 is 4.84 Å². The van der Waals surface area contributed by atoms with E-state index in [-0.39, 0.29) is 6.04 Å². The molecule has 1 aromatic heterocycles. The number of para-hydroxylation sites is 1. The predicted molar refractivity (Wildman–Crippen MR) is 98.4 cm³/mol. The Morgan fingerprint density at radius 2 is 1.88 bits per heavy atom. The van der Waals surface area contributed by atoms with Crippen LogP contribution in [0.3, 0.4) is 0 Å². The lowest BCUT2D eigenvalue weighted by atomic mass is 10.1. The maximum atomic E-state index is 6.20. The first-order valence-electron chi connectivity index (χ1n) is 9.04. The lowest BCUT2D eigenvalue weighted by molar-refractivity contribution is -0.132. The molecular weight excluding hydrogens is 324 g/mol. The van der Waals surface area contributed by atoms with Crippen LogP contribution in [0.15, 0.2) is 72.8 Å². The average Bonchev–Trinajstić information content (AvgIpc) is 3.31. The van der Waals surface area contributed by atoms with Crippen LogP contribution in [0.25, 0.3) is 5.69 Å². The van der Waals surface area contributed by atoms with E-state index in [4.69, 9.17) is 4.84 Å². The number of hydrogen-bond donors (Lipinski definition) is 0. The van der Waals surface area contributed by atoms with Gasteiger partial charge in [0.05, 0.1) is 12.2 Å². The van der Waals surface area contributed by atoms with Gasteiger partial charge in [-0.1, -0.05) is 48.5 Å². The molecule has 2 aromatic carbocycles. The molecule has 0 N–H and O–H groups in total. The summed E-state index contributed by atoms with van der Waals surface area (Å²) in [5.41, 5.74) is 3.76. The maximum absolute atomic E-state index is 6.20. The molecule has 5 heteroatoms. The molecule has 0 fully saturated rings. The van der Waals surface area contributed by atoms with Crippen LogP contribution in [0.4, 0.5) is 0 Å². The van der Waals surface area contributed by atoms with Crippen LogP contribution in [-0.4, -0.2) is 26.4 Å². The Bertz CT molecular complexity index is 947. The number of fused-ring (bicyclic) bond motifs is 3. The number of hydrogen-bond acceptors (Lipinski definition) is 4. The molecule has 0 radical (unpaired) electrons. The second-order valence-electron chi connectivity index (χ2n) is 6.77. The van der Waals surface area contributed by atoms with Crippen molar-refractivity contribution in [1.29, 1.82) is 0 Å². The van der Waals surface area contributed by atoms with Crippen LogP contribution < -0.4 is 0 Å². The van der Waals surface area contributed by atoms with Crippen molar-refractivity contribution in [3.63, 3.8) is 0 Å². The first-order chi connectivity index (χ1) is 12.9. The van der Waals surface area contributed by atoms with Crippen LogP contribution in [0, 0.1) is 0 Å².